The number of benzene rings is 1. The van der Waals surface area contributed by atoms with Crippen molar-refractivity contribution in [1.82, 2.24) is 4.98 Å². The van der Waals surface area contributed by atoms with Crippen molar-refractivity contribution < 1.29 is 18.3 Å². The maximum absolute atomic E-state index is 13.5. The van der Waals surface area contributed by atoms with Crippen LogP contribution in [0.5, 0.6) is 5.75 Å². The van der Waals surface area contributed by atoms with E-state index in [1.807, 2.05) is 0 Å². The van der Waals surface area contributed by atoms with Crippen LogP contribution in [-0.2, 0) is 6.61 Å². The molecule has 3 nitrogen and oxygen atoms in total. The van der Waals surface area contributed by atoms with E-state index in [0.29, 0.717) is 11.8 Å². The van der Waals surface area contributed by atoms with E-state index >= 15 is 0 Å². The molecule has 0 aliphatic heterocycles. The fourth-order valence-electron chi connectivity index (χ4n) is 1.48. The average molecular weight is 328 g/mol. The summed E-state index contributed by atoms with van der Waals surface area (Å²) in [6, 6.07) is 3.57. The normalized spacial score (nSPS) is 10.3. The van der Waals surface area contributed by atoms with Gasteiger partial charge in [-0.3, -0.25) is 9.78 Å². The largest absolute Gasteiger partial charge is 0.483 e. The molecule has 0 bridgehead atoms. The number of pyridine rings is 1. The van der Waals surface area contributed by atoms with Crippen LogP contribution in [-0.4, -0.2) is 11.3 Å². The van der Waals surface area contributed by atoms with E-state index in [9.17, 15) is 13.6 Å². The Balaban J connectivity index is 2.18. The molecule has 0 aliphatic carbocycles. The van der Waals surface area contributed by atoms with E-state index in [1.54, 1.807) is 12.3 Å². The third-order valence-electron chi connectivity index (χ3n) is 2.30. The molecule has 0 amide bonds. The van der Waals surface area contributed by atoms with Crippen molar-refractivity contribution in [3.05, 3.63) is 57.8 Å². The lowest BCUT2D eigenvalue weighted by Crippen LogP contribution is -2.01. The van der Waals surface area contributed by atoms with Crippen molar-refractivity contribution in [3.63, 3.8) is 0 Å². The zero-order valence-corrected chi connectivity index (χ0v) is 11.2. The first-order chi connectivity index (χ1) is 9.10. The van der Waals surface area contributed by atoms with Gasteiger partial charge in [0.1, 0.15) is 12.9 Å². The summed E-state index contributed by atoms with van der Waals surface area (Å²) in [5, 5.41) is 0. The molecular weight excluding hydrogens is 320 g/mol. The Morgan fingerprint density at radius 2 is 1.89 bits per heavy atom. The molecule has 2 rings (SSSR count). The number of hydrogen-bond acceptors (Lipinski definition) is 3. The highest BCUT2D eigenvalue weighted by Gasteiger charge is 2.12. The second-order valence-electron chi connectivity index (χ2n) is 3.73. The van der Waals surface area contributed by atoms with Crippen LogP contribution in [0.1, 0.15) is 15.9 Å². The van der Waals surface area contributed by atoms with Gasteiger partial charge in [-0.05, 0) is 34.1 Å². The fraction of sp³-hybridized carbons (Fsp3) is 0.0769. The smallest absolute Gasteiger partial charge is 0.191 e. The number of rotatable bonds is 4. The maximum Gasteiger partial charge on any atom is 0.191 e. The van der Waals surface area contributed by atoms with Crippen molar-refractivity contribution in [2.75, 3.05) is 0 Å². The van der Waals surface area contributed by atoms with Crippen LogP contribution in [0.3, 0.4) is 0 Å². The number of aldehydes is 1. The standard InChI is InChI=1S/C13H8BrF2NO2/c14-10-1-9(4-17-5-10)7-19-13-11(15)2-8(6-18)3-12(13)16/h1-6H,7H2. The highest BCUT2D eigenvalue weighted by atomic mass is 79.9. The molecule has 0 radical (unpaired) electrons. The minimum atomic E-state index is -0.912. The number of halogens is 3. The molecule has 0 N–H and O–H groups in total. The Bertz CT molecular complexity index is 596. The van der Waals surface area contributed by atoms with E-state index in [2.05, 4.69) is 20.9 Å². The molecule has 1 heterocycles. The van der Waals surface area contributed by atoms with Crippen molar-refractivity contribution in [2.45, 2.75) is 6.61 Å². The van der Waals surface area contributed by atoms with Crippen LogP contribution < -0.4 is 4.74 Å². The Hall–Kier alpha value is -1.82. The van der Waals surface area contributed by atoms with Gasteiger partial charge in [-0.1, -0.05) is 0 Å². The first kappa shape index (κ1) is 13.6. The van der Waals surface area contributed by atoms with E-state index < -0.39 is 17.4 Å². The number of nitrogens with zero attached hydrogens (tertiary/aromatic N) is 1. The van der Waals surface area contributed by atoms with Gasteiger partial charge in [0.15, 0.2) is 17.4 Å². The van der Waals surface area contributed by atoms with Crippen LogP contribution in [0.15, 0.2) is 35.1 Å². The van der Waals surface area contributed by atoms with Crippen LogP contribution in [0.25, 0.3) is 0 Å². The van der Waals surface area contributed by atoms with Gasteiger partial charge in [0, 0.05) is 28.0 Å². The molecule has 0 atom stereocenters. The summed E-state index contributed by atoms with van der Waals surface area (Å²) in [4.78, 5) is 14.4. The highest BCUT2D eigenvalue weighted by Crippen LogP contribution is 2.24. The second kappa shape index (κ2) is 5.88. The number of carbonyl (C=O) groups is 1. The molecule has 0 aliphatic rings. The lowest BCUT2D eigenvalue weighted by Gasteiger charge is -2.08. The predicted octanol–water partition coefficient (Wildman–Crippen LogP) is 3.51. The Morgan fingerprint density at radius 1 is 1.21 bits per heavy atom. The topological polar surface area (TPSA) is 39.2 Å². The molecular formula is C13H8BrF2NO2. The van der Waals surface area contributed by atoms with Crippen LogP contribution in [0, 0.1) is 11.6 Å². The SMILES string of the molecule is O=Cc1cc(F)c(OCc2cncc(Br)c2)c(F)c1. The fourth-order valence-corrected chi connectivity index (χ4v) is 1.89. The Morgan fingerprint density at radius 3 is 2.47 bits per heavy atom. The summed E-state index contributed by atoms with van der Waals surface area (Å²) in [6.45, 7) is -0.0271. The number of ether oxygens (including phenoxy) is 1. The van der Waals surface area contributed by atoms with E-state index in [1.165, 1.54) is 6.20 Å². The van der Waals surface area contributed by atoms with E-state index in [-0.39, 0.29) is 12.2 Å². The lowest BCUT2D eigenvalue weighted by atomic mass is 10.2. The van der Waals surface area contributed by atoms with Crippen molar-refractivity contribution in [3.8, 4) is 5.75 Å². The van der Waals surface area contributed by atoms with Crippen molar-refractivity contribution in [2.24, 2.45) is 0 Å². The molecule has 0 saturated carbocycles. The summed E-state index contributed by atoms with van der Waals surface area (Å²) >= 11 is 3.23. The predicted molar refractivity (Wildman–Crippen MR) is 68.0 cm³/mol. The second-order valence-corrected chi connectivity index (χ2v) is 4.65. The van der Waals surface area contributed by atoms with E-state index in [4.69, 9.17) is 4.74 Å². The van der Waals surface area contributed by atoms with E-state index in [0.717, 1.165) is 16.6 Å². The molecule has 98 valence electrons. The molecule has 2 aromatic rings. The van der Waals surface area contributed by atoms with Gasteiger partial charge in [0.05, 0.1) is 0 Å². The molecule has 6 heteroatoms. The molecule has 0 spiro atoms. The zero-order chi connectivity index (χ0) is 13.8. The van der Waals surface area contributed by atoms with Gasteiger partial charge in [-0.2, -0.15) is 0 Å². The van der Waals surface area contributed by atoms with Gasteiger partial charge in [0.2, 0.25) is 0 Å². The first-order valence-corrected chi connectivity index (χ1v) is 6.06. The number of hydrogen-bond donors (Lipinski definition) is 0. The summed E-state index contributed by atoms with van der Waals surface area (Å²) < 4.78 is 32.9. The maximum atomic E-state index is 13.5. The summed E-state index contributed by atoms with van der Waals surface area (Å²) in [5.41, 5.74) is 0.583. The quantitative estimate of drug-likeness (QED) is 0.806. The van der Waals surface area contributed by atoms with Crippen molar-refractivity contribution in [1.29, 1.82) is 0 Å². The molecule has 19 heavy (non-hydrogen) atoms. The third kappa shape index (κ3) is 3.35. The van der Waals surface area contributed by atoms with Gasteiger partial charge in [-0.15, -0.1) is 0 Å². The molecule has 1 aromatic heterocycles. The van der Waals surface area contributed by atoms with Crippen molar-refractivity contribution >= 4 is 22.2 Å². The molecule has 0 saturated heterocycles. The summed E-state index contributed by atoms with van der Waals surface area (Å²) in [5.74, 6) is -2.33. The monoisotopic (exact) mass is 327 g/mol. The minimum absolute atomic E-state index is 0.0271. The third-order valence-corrected chi connectivity index (χ3v) is 2.74. The summed E-state index contributed by atoms with van der Waals surface area (Å²) in [6.07, 6.45) is 3.48. The number of aromatic nitrogens is 1. The Kier molecular flexibility index (Phi) is 4.21. The average Bonchev–Trinajstić information content (AvgIpc) is 2.37. The van der Waals surface area contributed by atoms with Gasteiger partial charge in [0.25, 0.3) is 0 Å². The van der Waals surface area contributed by atoms with Crippen LogP contribution >= 0.6 is 15.9 Å². The van der Waals surface area contributed by atoms with Crippen LogP contribution in [0.2, 0.25) is 0 Å². The lowest BCUT2D eigenvalue weighted by molar-refractivity contribution is 0.112. The highest BCUT2D eigenvalue weighted by molar-refractivity contribution is 9.10. The van der Waals surface area contributed by atoms with Crippen LogP contribution in [0.4, 0.5) is 8.78 Å². The first-order valence-electron chi connectivity index (χ1n) is 5.26. The molecule has 1 aromatic carbocycles. The molecule has 0 unspecified atom stereocenters. The molecule has 0 fully saturated rings. The summed E-state index contributed by atoms with van der Waals surface area (Å²) in [7, 11) is 0. The number of carbonyl (C=O) groups excluding carboxylic acids is 1. The van der Waals surface area contributed by atoms with Gasteiger partial charge in [-0.25, -0.2) is 8.78 Å². The minimum Gasteiger partial charge on any atom is -0.483 e. The zero-order valence-electron chi connectivity index (χ0n) is 9.57. The van der Waals surface area contributed by atoms with Gasteiger partial charge < -0.3 is 4.74 Å². The van der Waals surface area contributed by atoms with Gasteiger partial charge >= 0.3 is 0 Å². The Labute approximate surface area is 116 Å².